The molecule has 1 rings (SSSR count). The van der Waals surface area contributed by atoms with Crippen LogP contribution in [0.4, 0.5) is 4.39 Å². The monoisotopic (exact) mass is 349 g/mol. The molecule has 0 unspecified atom stereocenters. The molecule has 0 saturated heterocycles. The van der Waals surface area contributed by atoms with Gasteiger partial charge in [0, 0.05) is 0 Å². The highest BCUT2D eigenvalue weighted by Crippen LogP contribution is 2.40. The van der Waals surface area contributed by atoms with Crippen LogP contribution in [0.2, 0.25) is 18.1 Å². The van der Waals surface area contributed by atoms with Crippen LogP contribution in [0.5, 0.6) is 0 Å². The second kappa shape index (κ2) is 6.30. The summed E-state index contributed by atoms with van der Waals surface area (Å²) in [6.07, 6.45) is 1.04. The van der Waals surface area contributed by atoms with Gasteiger partial charge in [0.2, 0.25) is 10.0 Å². The summed E-state index contributed by atoms with van der Waals surface area (Å²) >= 11 is 0. The summed E-state index contributed by atoms with van der Waals surface area (Å²) in [5.74, 6) is -0.481. The Hall–Kier alpha value is -0.903. The van der Waals surface area contributed by atoms with Gasteiger partial charge in [0.15, 0.2) is 20.0 Å². The molecule has 126 valence electrons. The second-order valence-electron chi connectivity index (χ2n) is 6.85. The third-order valence-electron chi connectivity index (χ3n) is 4.07. The van der Waals surface area contributed by atoms with E-state index in [1.807, 2.05) is 33.9 Å². The average molecular weight is 350 g/mol. The fraction of sp³-hybridized carbons (Fsp3) is 0.692. The van der Waals surface area contributed by atoms with E-state index < -0.39 is 35.5 Å². The Morgan fingerprint density at radius 3 is 2.09 bits per heavy atom. The van der Waals surface area contributed by atoms with Crippen molar-refractivity contribution in [3.05, 3.63) is 24.0 Å². The van der Waals surface area contributed by atoms with E-state index in [1.165, 1.54) is 6.92 Å². The Balaban J connectivity index is 3.27. The average Bonchev–Trinajstić information content (AvgIpc) is 2.34. The number of nitrogens with two attached hydrogens (primary N) is 1. The van der Waals surface area contributed by atoms with Crippen molar-refractivity contribution in [2.45, 2.75) is 57.2 Å². The topological polar surface area (TPSA) is 95.2 Å². The summed E-state index contributed by atoms with van der Waals surface area (Å²) in [4.78, 5) is 7.74. The Morgan fingerprint density at radius 1 is 1.27 bits per heavy atom. The number of hydrogen-bond donors (Lipinski definition) is 1. The minimum atomic E-state index is -3.85. The summed E-state index contributed by atoms with van der Waals surface area (Å²) in [6, 6.07) is 0. The first-order valence-electron chi connectivity index (χ1n) is 6.92. The summed E-state index contributed by atoms with van der Waals surface area (Å²) in [7, 11) is -6.15. The first-order valence-corrected chi connectivity index (χ1v) is 11.4. The van der Waals surface area contributed by atoms with Crippen molar-refractivity contribution in [1.82, 2.24) is 9.97 Å². The quantitative estimate of drug-likeness (QED) is 0.823. The molecule has 0 fully saturated rings. The van der Waals surface area contributed by atoms with Gasteiger partial charge in [-0.2, -0.15) is 0 Å². The van der Waals surface area contributed by atoms with Gasteiger partial charge in [-0.15, -0.1) is 0 Å². The Labute approximate surface area is 132 Å². The molecule has 0 aromatic carbocycles. The molecule has 0 aliphatic rings. The fourth-order valence-electron chi connectivity index (χ4n) is 1.49. The molecule has 22 heavy (non-hydrogen) atoms. The number of hydrogen-bond acceptors (Lipinski definition) is 5. The molecule has 0 aliphatic heterocycles. The van der Waals surface area contributed by atoms with Gasteiger partial charge in [-0.1, -0.05) is 20.8 Å². The molecule has 0 radical (unpaired) electrons. The lowest BCUT2D eigenvalue weighted by Crippen LogP contribution is -2.46. The summed E-state index contributed by atoms with van der Waals surface area (Å²) in [5, 5.41) is 4.08. The van der Waals surface area contributed by atoms with Crippen LogP contribution in [0.1, 0.15) is 39.6 Å². The zero-order valence-corrected chi connectivity index (χ0v) is 15.6. The lowest BCUT2D eigenvalue weighted by molar-refractivity contribution is 0.172. The molecule has 0 bridgehead atoms. The van der Waals surface area contributed by atoms with Crippen LogP contribution < -0.4 is 5.14 Å². The molecule has 0 saturated carbocycles. The van der Waals surface area contributed by atoms with E-state index in [1.54, 1.807) is 0 Å². The third-order valence-corrected chi connectivity index (χ3v) is 9.81. The first-order chi connectivity index (χ1) is 9.75. The van der Waals surface area contributed by atoms with E-state index in [9.17, 15) is 12.8 Å². The minimum absolute atomic E-state index is 0.118. The highest BCUT2D eigenvalue weighted by Gasteiger charge is 2.43. The number of rotatable bonds is 5. The fourth-order valence-corrected chi connectivity index (χ4v) is 3.41. The van der Waals surface area contributed by atoms with Gasteiger partial charge in [0.25, 0.3) is 0 Å². The Morgan fingerprint density at radius 2 is 1.73 bits per heavy atom. The van der Waals surface area contributed by atoms with Crippen LogP contribution in [0.15, 0.2) is 12.4 Å². The maximum absolute atomic E-state index is 13.0. The molecule has 6 nitrogen and oxygen atoms in total. The summed E-state index contributed by atoms with van der Waals surface area (Å²) in [6.45, 7) is 11.5. The van der Waals surface area contributed by atoms with E-state index in [0.29, 0.717) is 0 Å². The largest absolute Gasteiger partial charge is 0.405 e. The third kappa shape index (κ3) is 4.54. The zero-order chi connectivity index (χ0) is 17.3. The van der Waals surface area contributed by atoms with Crippen molar-refractivity contribution in [3.8, 4) is 0 Å². The van der Waals surface area contributed by atoms with E-state index in [2.05, 4.69) is 9.97 Å². The van der Waals surface area contributed by atoms with Gasteiger partial charge in [-0.3, -0.25) is 0 Å². The van der Waals surface area contributed by atoms with E-state index in [-0.39, 0.29) is 10.9 Å². The summed E-state index contributed by atoms with van der Waals surface area (Å²) in [5.41, 5.74) is 0. The summed E-state index contributed by atoms with van der Waals surface area (Å²) < 4.78 is 42.6. The van der Waals surface area contributed by atoms with Crippen molar-refractivity contribution in [3.63, 3.8) is 0 Å². The first kappa shape index (κ1) is 19.1. The highest BCUT2D eigenvalue weighted by molar-refractivity contribution is 7.89. The van der Waals surface area contributed by atoms with Crippen LogP contribution in [-0.4, -0.2) is 32.0 Å². The predicted molar refractivity (Wildman–Crippen MR) is 85.6 cm³/mol. The van der Waals surface area contributed by atoms with Gasteiger partial charge in [0.1, 0.15) is 11.4 Å². The lowest BCUT2D eigenvalue weighted by Gasteiger charge is -2.39. The molecule has 2 N–H and O–H groups in total. The van der Waals surface area contributed by atoms with Crippen LogP contribution >= 0.6 is 0 Å². The zero-order valence-electron chi connectivity index (χ0n) is 13.8. The number of sulfonamides is 1. The van der Waals surface area contributed by atoms with E-state index in [0.717, 1.165) is 12.4 Å². The number of nitrogens with zero attached hydrogens (tertiary/aromatic N) is 2. The number of aromatic nitrogens is 2. The molecule has 1 heterocycles. The standard InChI is InChI=1S/C13H24FN3O3SSi/c1-9(21(15,18)19)11(12-16-7-10(14)8-17-12)20-22(5,6)13(2,3)4/h7-9,11H,1-6H3,(H2,15,18,19)/t9-,11+/m0/s1. The van der Waals surface area contributed by atoms with Gasteiger partial charge in [0.05, 0.1) is 12.4 Å². The van der Waals surface area contributed by atoms with Gasteiger partial charge >= 0.3 is 0 Å². The van der Waals surface area contributed by atoms with Crippen LogP contribution in [-0.2, 0) is 14.4 Å². The molecule has 1 aromatic rings. The molecule has 0 amide bonds. The molecule has 1 aromatic heterocycles. The normalized spacial score (nSPS) is 16.4. The second-order valence-corrected chi connectivity index (χ2v) is 13.5. The predicted octanol–water partition coefficient (Wildman–Crippen LogP) is 2.36. The van der Waals surface area contributed by atoms with Crippen molar-refractivity contribution in [2.75, 3.05) is 0 Å². The smallest absolute Gasteiger partial charge is 0.214 e. The maximum Gasteiger partial charge on any atom is 0.214 e. The molecule has 0 aliphatic carbocycles. The highest BCUT2D eigenvalue weighted by atomic mass is 32.2. The van der Waals surface area contributed by atoms with Crippen molar-refractivity contribution >= 4 is 18.3 Å². The molecule has 9 heteroatoms. The molecular formula is C13H24FN3O3SSi. The van der Waals surface area contributed by atoms with Gasteiger partial charge in [-0.25, -0.2) is 27.9 Å². The van der Waals surface area contributed by atoms with E-state index in [4.69, 9.17) is 9.56 Å². The van der Waals surface area contributed by atoms with Crippen LogP contribution in [0.3, 0.4) is 0 Å². The van der Waals surface area contributed by atoms with Crippen molar-refractivity contribution in [1.29, 1.82) is 0 Å². The lowest BCUT2D eigenvalue weighted by atomic mass is 10.2. The Bertz CT molecular complexity index is 614. The van der Waals surface area contributed by atoms with Crippen LogP contribution in [0.25, 0.3) is 0 Å². The minimum Gasteiger partial charge on any atom is -0.405 e. The van der Waals surface area contributed by atoms with Gasteiger partial charge < -0.3 is 4.43 Å². The number of halogens is 1. The molecule has 0 spiro atoms. The number of primary sulfonamides is 1. The molecular weight excluding hydrogens is 325 g/mol. The van der Waals surface area contributed by atoms with Crippen molar-refractivity contribution in [2.24, 2.45) is 5.14 Å². The SMILES string of the molecule is C[C@@H]([C@@H](O[Si](C)(C)C(C)(C)C)c1ncc(F)cn1)S(N)(=O)=O. The van der Waals surface area contributed by atoms with E-state index >= 15 is 0 Å². The Kier molecular flexibility index (Phi) is 5.49. The van der Waals surface area contributed by atoms with Crippen molar-refractivity contribution < 1.29 is 17.2 Å². The maximum atomic E-state index is 13.0. The van der Waals surface area contributed by atoms with Gasteiger partial charge in [-0.05, 0) is 25.1 Å². The molecule has 2 atom stereocenters. The van der Waals surface area contributed by atoms with Crippen LogP contribution in [0, 0.1) is 5.82 Å².